The third-order valence-electron chi connectivity index (χ3n) is 5.92. The number of aryl methyl sites for hydroxylation is 1. The fourth-order valence-electron chi connectivity index (χ4n) is 4.11. The van der Waals surface area contributed by atoms with E-state index in [1.807, 2.05) is 23.1 Å². The molecule has 1 saturated heterocycles. The second-order valence-electron chi connectivity index (χ2n) is 8.02. The first-order valence-corrected chi connectivity index (χ1v) is 12.2. The molecule has 0 atom stereocenters. The standard InChI is InChI=1S/C21H24N8OS2/c1-12(30)28-7-4-13(5-8-28)6-9-29-19-17(18(23)24-11-25-19)27-20(29)32-21-26-15-10-14(22)2-3-16(15)31-21/h2-3,10-11,13H,4-9,22H2,1H3,(H2,23,24,25). The quantitative estimate of drug-likeness (QED) is 0.426. The van der Waals surface area contributed by atoms with E-state index in [4.69, 9.17) is 21.4 Å². The van der Waals surface area contributed by atoms with Crippen LogP contribution in [0.4, 0.5) is 11.5 Å². The van der Waals surface area contributed by atoms with E-state index >= 15 is 0 Å². The SMILES string of the molecule is CC(=O)N1CCC(CCn2c(Sc3nc4cc(N)ccc4s3)nc3c(N)ncnc32)CC1. The molecule has 1 amide bonds. The predicted molar refractivity (Wildman–Crippen MR) is 127 cm³/mol. The van der Waals surface area contributed by atoms with E-state index in [0.29, 0.717) is 22.9 Å². The van der Waals surface area contributed by atoms with Crippen LogP contribution in [0.5, 0.6) is 0 Å². The Hall–Kier alpha value is -2.92. The molecule has 9 nitrogen and oxygen atoms in total. The van der Waals surface area contributed by atoms with Crippen LogP contribution < -0.4 is 11.5 Å². The summed E-state index contributed by atoms with van der Waals surface area (Å²) >= 11 is 3.12. The highest BCUT2D eigenvalue weighted by molar-refractivity contribution is 8.01. The van der Waals surface area contributed by atoms with Gasteiger partial charge in [-0.15, -0.1) is 11.3 Å². The van der Waals surface area contributed by atoms with Crippen LogP contribution in [0.15, 0.2) is 34.0 Å². The molecule has 0 bridgehead atoms. The van der Waals surface area contributed by atoms with Crippen molar-refractivity contribution >= 4 is 61.9 Å². The van der Waals surface area contributed by atoms with Gasteiger partial charge in [0.1, 0.15) is 6.33 Å². The highest BCUT2D eigenvalue weighted by Crippen LogP contribution is 2.36. The number of likely N-dealkylation sites (tertiary alicyclic amines) is 1. The number of fused-ring (bicyclic) bond motifs is 2. The molecule has 0 aliphatic carbocycles. The van der Waals surface area contributed by atoms with Crippen LogP contribution in [0.2, 0.25) is 0 Å². The summed E-state index contributed by atoms with van der Waals surface area (Å²) in [6.45, 7) is 4.08. The van der Waals surface area contributed by atoms with E-state index in [1.165, 1.54) is 18.1 Å². The number of carbonyl (C=O) groups excluding carboxylic acids is 1. The molecular weight excluding hydrogens is 444 g/mol. The number of hydrogen-bond donors (Lipinski definition) is 2. The van der Waals surface area contributed by atoms with Crippen LogP contribution >= 0.6 is 23.1 Å². The maximum absolute atomic E-state index is 11.6. The van der Waals surface area contributed by atoms with Gasteiger partial charge in [0.2, 0.25) is 5.91 Å². The van der Waals surface area contributed by atoms with Crippen molar-refractivity contribution < 1.29 is 4.79 Å². The van der Waals surface area contributed by atoms with Gasteiger partial charge < -0.3 is 20.9 Å². The van der Waals surface area contributed by atoms with Crippen LogP contribution in [-0.2, 0) is 11.3 Å². The summed E-state index contributed by atoms with van der Waals surface area (Å²) in [6, 6.07) is 5.76. The van der Waals surface area contributed by atoms with Gasteiger partial charge in [-0.3, -0.25) is 4.79 Å². The van der Waals surface area contributed by atoms with E-state index in [2.05, 4.69) is 14.5 Å². The number of piperidine rings is 1. The molecule has 32 heavy (non-hydrogen) atoms. The Morgan fingerprint density at radius 2 is 2.03 bits per heavy atom. The average molecular weight is 469 g/mol. The zero-order chi connectivity index (χ0) is 22.2. The zero-order valence-electron chi connectivity index (χ0n) is 17.7. The highest BCUT2D eigenvalue weighted by Gasteiger charge is 2.23. The van der Waals surface area contributed by atoms with Gasteiger partial charge in [0.05, 0.1) is 10.2 Å². The summed E-state index contributed by atoms with van der Waals surface area (Å²) in [5.74, 6) is 1.10. The molecule has 0 saturated carbocycles. The van der Waals surface area contributed by atoms with Gasteiger partial charge in [-0.05, 0) is 55.1 Å². The number of nitrogens with two attached hydrogens (primary N) is 2. The Balaban J connectivity index is 1.40. The number of hydrogen-bond acceptors (Lipinski definition) is 9. The molecule has 0 radical (unpaired) electrons. The number of benzene rings is 1. The number of nitrogens with zero attached hydrogens (tertiary/aromatic N) is 6. The average Bonchev–Trinajstić information content (AvgIpc) is 3.33. The molecule has 1 fully saturated rings. The lowest BCUT2D eigenvalue weighted by molar-refractivity contribution is -0.130. The monoisotopic (exact) mass is 468 g/mol. The van der Waals surface area contributed by atoms with Crippen molar-refractivity contribution in [1.82, 2.24) is 29.4 Å². The van der Waals surface area contributed by atoms with E-state index < -0.39 is 0 Å². The number of thiazole rings is 1. The number of nitrogen functional groups attached to an aromatic ring is 2. The van der Waals surface area contributed by atoms with Crippen molar-refractivity contribution in [3.05, 3.63) is 24.5 Å². The van der Waals surface area contributed by atoms with Gasteiger partial charge in [-0.1, -0.05) is 0 Å². The van der Waals surface area contributed by atoms with Gasteiger partial charge in [0, 0.05) is 32.2 Å². The van der Waals surface area contributed by atoms with Gasteiger partial charge in [0.15, 0.2) is 26.5 Å². The number of anilines is 2. The van der Waals surface area contributed by atoms with Crippen molar-refractivity contribution in [3.8, 4) is 0 Å². The van der Waals surface area contributed by atoms with Crippen LogP contribution in [-0.4, -0.2) is 48.4 Å². The van der Waals surface area contributed by atoms with Crippen molar-refractivity contribution in [2.75, 3.05) is 24.6 Å². The molecule has 1 aromatic carbocycles. The van der Waals surface area contributed by atoms with Crippen LogP contribution in [0.1, 0.15) is 26.2 Å². The first kappa shape index (κ1) is 21.0. The zero-order valence-corrected chi connectivity index (χ0v) is 19.3. The molecule has 166 valence electrons. The number of imidazole rings is 1. The minimum Gasteiger partial charge on any atom is -0.399 e. The summed E-state index contributed by atoms with van der Waals surface area (Å²) in [7, 11) is 0. The second kappa shape index (κ2) is 8.55. The van der Waals surface area contributed by atoms with Gasteiger partial charge >= 0.3 is 0 Å². The smallest absolute Gasteiger partial charge is 0.219 e. The molecule has 3 aromatic heterocycles. The first-order valence-electron chi connectivity index (χ1n) is 10.5. The van der Waals surface area contributed by atoms with E-state index in [0.717, 1.165) is 64.3 Å². The molecule has 1 aliphatic heterocycles. The Bertz CT molecular complexity index is 1290. The normalized spacial score (nSPS) is 15.1. The topological polar surface area (TPSA) is 129 Å². The van der Waals surface area contributed by atoms with Crippen molar-refractivity contribution in [2.45, 2.75) is 42.2 Å². The van der Waals surface area contributed by atoms with Gasteiger partial charge in [-0.2, -0.15) is 0 Å². The molecule has 4 N–H and O–H groups in total. The van der Waals surface area contributed by atoms with Crippen molar-refractivity contribution in [2.24, 2.45) is 5.92 Å². The summed E-state index contributed by atoms with van der Waals surface area (Å²) in [5.41, 5.74) is 14.9. The second-order valence-corrected chi connectivity index (χ2v) is 10.3. The van der Waals surface area contributed by atoms with Crippen molar-refractivity contribution in [3.63, 3.8) is 0 Å². The summed E-state index contributed by atoms with van der Waals surface area (Å²) in [6.07, 6.45) is 4.51. The molecule has 0 unspecified atom stereocenters. The minimum absolute atomic E-state index is 0.160. The third kappa shape index (κ3) is 4.09. The Morgan fingerprint density at radius 1 is 1.22 bits per heavy atom. The molecule has 11 heteroatoms. The first-order chi connectivity index (χ1) is 15.5. The Morgan fingerprint density at radius 3 is 2.81 bits per heavy atom. The highest BCUT2D eigenvalue weighted by atomic mass is 32.2. The lowest BCUT2D eigenvalue weighted by Gasteiger charge is -2.31. The molecule has 4 heterocycles. The molecular formula is C21H24N8OS2. The molecule has 1 aliphatic rings. The van der Waals surface area contributed by atoms with E-state index in [9.17, 15) is 4.79 Å². The van der Waals surface area contributed by atoms with Gasteiger partial charge in [0.25, 0.3) is 0 Å². The molecule has 5 rings (SSSR count). The Kier molecular flexibility index (Phi) is 5.60. The van der Waals surface area contributed by atoms with Crippen LogP contribution in [0.3, 0.4) is 0 Å². The largest absolute Gasteiger partial charge is 0.399 e. The maximum atomic E-state index is 11.6. The number of aromatic nitrogens is 5. The summed E-state index contributed by atoms with van der Waals surface area (Å²) < 4.78 is 4.10. The fourth-order valence-corrected chi connectivity index (χ4v) is 6.17. The Labute approximate surface area is 193 Å². The fraction of sp³-hybridized carbons (Fsp3) is 0.381. The predicted octanol–water partition coefficient (Wildman–Crippen LogP) is 3.40. The number of amides is 1. The van der Waals surface area contributed by atoms with E-state index in [1.54, 1.807) is 18.3 Å². The number of rotatable bonds is 5. The summed E-state index contributed by atoms with van der Waals surface area (Å²) in [5, 5.41) is 0.806. The lowest BCUT2D eigenvalue weighted by atomic mass is 9.93. The summed E-state index contributed by atoms with van der Waals surface area (Å²) in [4.78, 5) is 31.6. The molecule has 0 spiro atoms. The maximum Gasteiger partial charge on any atom is 0.219 e. The van der Waals surface area contributed by atoms with Gasteiger partial charge in [-0.25, -0.2) is 19.9 Å². The lowest BCUT2D eigenvalue weighted by Crippen LogP contribution is -2.37. The van der Waals surface area contributed by atoms with Crippen LogP contribution in [0, 0.1) is 5.92 Å². The third-order valence-corrected chi connectivity index (χ3v) is 8.01. The number of carbonyl (C=O) groups is 1. The minimum atomic E-state index is 0.160. The van der Waals surface area contributed by atoms with Crippen LogP contribution in [0.25, 0.3) is 21.4 Å². The van der Waals surface area contributed by atoms with E-state index in [-0.39, 0.29) is 5.91 Å². The van der Waals surface area contributed by atoms with Crippen molar-refractivity contribution in [1.29, 1.82) is 0 Å². The molecule has 4 aromatic rings.